The molecule has 0 radical (unpaired) electrons. The normalized spacial score (nSPS) is 24.2. The molecule has 1 unspecified atom stereocenters. The van der Waals surface area contributed by atoms with E-state index in [-0.39, 0.29) is 11.9 Å². The second-order valence-corrected chi connectivity index (χ2v) is 7.08. The molecule has 0 saturated heterocycles. The quantitative estimate of drug-likeness (QED) is 0.571. The molecule has 0 fully saturated rings. The minimum atomic E-state index is -0.829. The van der Waals surface area contributed by atoms with Crippen molar-refractivity contribution in [2.45, 2.75) is 32.2 Å². The summed E-state index contributed by atoms with van der Waals surface area (Å²) in [5, 5.41) is 13.8. The molecule has 2 aliphatic heterocycles. The van der Waals surface area contributed by atoms with E-state index in [1.54, 1.807) is 13.2 Å². The lowest BCUT2D eigenvalue weighted by Gasteiger charge is -2.35. The second-order valence-electron chi connectivity index (χ2n) is 7.08. The number of carbonyl (C=O) groups is 1. The third kappa shape index (κ3) is 3.22. The van der Waals surface area contributed by atoms with Crippen molar-refractivity contribution in [2.24, 2.45) is 5.73 Å². The van der Waals surface area contributed by atoms with Crippen molar-refractivity contribution in [1.82, 2.24) is 20.1 Å². The number of anilines is 2. The number of nitrogens with zero attached hydrogens (tertiary/aromatic N) is 3. The Morgan fingerprint density at radius 3 is 3.00 bits per heavy atom. The van der Waals surface area contributed by atoms with Gasteiger partial charge in [0, 0.05) is 12.1 Å². The lowest BCUT2D eigenvalue weighted by atomic mass is 10.1. The third-order valence-electron chi connectivity index (χ3n) is 4.58. The van der Waals surface area contributed by atoms with Crippen LogP contribution in [0.2, 0.25) is 0 Å². The monoisotopic (exact) mass is 385 g/mol. The molecule has 0 saturated carbocycles. The molecule has 2 aliphatic rings. The van der Waals surface area contributed by atoms with E-state index in [2.05, 4.69) is 26.0 Å². The lowest BCUT2D eigenvalue weighted by molar-refractivity contribution is 0.0813. The average molecular weight is 385 g/mol. The first-order valence-corrected chi connectivity index (χ1v) is 8.94. The molecule has 4 bridgehead atoms. The van der Waals surface area contributed by atoms with E-state index in [0.717, 1.165) is 5.69 Å². The number of methoxy groups -OCH3 is 1. The number of amides is 1. The maximum atomic E-state index is 12.7. The molecule has 4 rings (SSSR count). The van der Waals surface area contributed by atoms with Gasteiger partial charge in [-0.15, -0.1) is 0 Å². The van der Waals surface area contributed by atoms with E-state index in [9.17, 15) is 4.79 Å². The number of hydrogen-bond donors (Lipinski definition) is 4. The van der Waals surface area contributed by atoms with Crippen LogP contribution in [0.1, 0.15) is 29.9 Å². The summed E-state index contributed by atoms with van der Waals surface area (Å²) < 4.78 is 12.6. The fraction of sp³-hybridized carbons (Fsp3) is 0.389. The van der Waals surface area contributed by atoms with Crippen molar-refractivity contribution >= 4 is 23.4 Å². The zero-order valence-electron chi connectivity index (χ0n) is 15.9. The lowest BCUT2D eigenvalue weighted by Crippen LogP contribution is -2.46. The zero-order valence-corrected chi connectivity index (χ0v) is 15.9. The van der Waals surface area contributed by atoms with Gasteiger partial charge in [0.05, 0.1) is 32.2 Å². The van der Waals surface area contributed by atoms with Crippen molar-refractivity contribution in [2.75, 3.05) is 24.4 Å². The Hall–Kier alpha value is -3.27. The minimum absolute atomic E-state index is 0.190. The molecular weight excluding hydrogens is 362 g/mol. The Kier molecular flexibility index (Phi) is 4.34. The summed E-state index contributed by atoms with van der Waals surface area (Å²) in [6.07, 6.45) is 3.26. The SMILES string of the molecule is COc1ccc2nc1NC1(C)C=C(N)n3ncc(c3N1)C(=O)N[C@H](C)COC2. The Bertz CT molecular complexity index is 955. The number of aromatic nitrogens is 3. The van der Waals surface area contributed by atoms with Gasteiger partial charge < -0.3 is 31.2 Å². The van der Waals surface area contributed by atoms with Gasteiger partial charge in [0.15, 0.2) is 11.6 Å². The number of nitrogens with two attached hydrogens (primary N) is 1. The highest BCUT2D eigenvalue weighted by atomic mass is 16.5. The van der Waals surface area contributed by atoms with Gasteiger partial charge in [-0.25, -0.2) is 9.67 Å². The molecule has 1 amide bonds. The van der Waals surface area contributed by atoms with Crippen molar-refractivity contribution < 1.29 is 14.3 Å². The van der Waals surface area contributed by atoms with Gasteiger partial charge >= 0.3 is 0 Å². The molecule has 10 nitrogen and oxygen atoms in total. The second kappa shape index (κ2) is 6.71. The van der Waals surface area contributed by atoms with E-state index >= 15 is 0 Å². The molecule has 0 aliphatic carbocycles. The van der Waals surface area contributed by atoms with E-state index in [4.69, 9.17) is 15.2 Å². The number of rotatable bonds is 1. The van der Waals surface area contributed by atoms with E-state index in [0.29, 0.717) is 42.0 Å². The number of fused-ring (bicyclic) bond motifs is 3. The van der Waals surface area contributed by atoms with E-state index in [1.807, 2.05) is 26.0 Å². The average Bonchev–Trinajstić information content (AvgIpc) is 3.05. The summed E-state index contributed by atoms with van der Waals surface area (Å²) in [7, 11) is 1.58. The number of carbonyl (C=O) groups excluding carboxylic acids is 1. The van der Waals surface area contributed by atoms with Gasteiger partial charge in [-0.1, -0.05) is 0 Å². The summed E-state index contributed by atoms with van der Waals surface area (Å²) >= 11 is 0. The molecule has 2 atom stereocenters. The Balaban J connectivity index is 1.81. The maximum Gasteiger partial charge on any atom is 0.256 e. The molecule has 28 heavy (non-hydrogen) atoms. The Morgan fingerprint density at radius 1 is 1.39 bits per heavy atom. The van der Waals surface area contributed by atoms with Crippen LogP contribution in [0.3, 0.4) is 0 Å². The van der Waals surface area contributed by atoms with Gasteiger partial charge in [-0.2, -0.15) is 5.10 Å². The van der Waals surface area contributed by atoms with Gasteiger partial charge in [-0.3, -0.25) is 4.79 Å². The highest BCUT2D eigenvalue weighted by molar-refractivity contribution is 5.99. The van der Waals surface area contributed by atoms with Crippen LogP contribution in [0.4, 0.5) is 11.6 Å². The molecule has 148 valence electrons. The zero-order chi connectivity index (χ0) is 19.9. The van der Waals surface area contributed by atoms with Crippen LogP contribution >= 0.6 is 0 Å². The standard InChI is InChI=1S/C18H23N7O3/c1-10-8-28-9-11-4-5-13(27-3)15(22-11)23-18(2)6-14(19)25-16(24-18)12(7-20-25)17(26)21-10/h4-7,10,24H,8-9,19H2,1-3H3,(H,21,26)(H,22,23)/t10-,18?/m1/s1. The molecule has 5 N–H and O–H groups in total. The number of nitrogens with one attached hydrogen (secondary N) is 3. The van der Waals surface area contributed by atoms with Crippen molar-refractivity contribution in [3.05, 3.63) is 35.7 Å². The fourth-order valence-electron chi connectivity index (χ4n) is 3.29. The fourth-order valence-corrected chi connectivity index (χ4v) is 3.29. The highest BCUT2D eigenvalue weighted by Gasteiger charge is 2.33. The van der Waals surface area contributed by atoms with E-state index in [1.165, 1.54) is 10.9 Å². The number of pyridine rings is 1. The van der Waals surface area contributed by atoms with Crippen molar-refractivity contribution in [3.63, 3.8) is 0 Å². The van der Waals surface area contributed by atoms with Crippen LogP contribution in [0.5, 0.6) is 5.75 Å². The van der Waals surface area contributed by atoms with Crippen LogP contribution < -0.4 is 26.4 Å². The predicted octanol–water partition coefficient (Wildman–Crippen LogP) is 0.946. The molecule has 0 spiro atoms. The number of hydrogen-bond acceptors (Lipinski definition) is 8. The summed E-state index contributed by atoms with van der Waals surface area (Å²) in [6, 6.07) is 3.48. The Morgan fingerprint density at radius 2 is 2.21 bits per heavy atom. The predicted molar refractivity (Wildman–Crippen MR) is 104 cm³/mol. The number of ether oxygens (including phenoxy) is 2. The first-order chi connectivity index (χ1) is 13.4. The van der Waals surface area contributed by atoms with Crippen LogP contribution in [0, 0.1) is 0 Å². The topological polar surface area (TPSA) is 128 Å². The smallest absolute Gasteiger partial charge is 0.256 e. The molecule has 4 heterocycles. The van der Waals surface area contributed by atoms with Crippen LogP contribution in [0.25, 0.3) is 5.82 Å². The van der Waals surface area contributed by atoms with E-state index < -0.39 is 5.66 Å². The summed E-state index contributed by atoms with van der Waals surface area (Å²) in [4.78, 5) is 17.4. The van der Waals surface area contributed by atoms with Crippen LogP contribution in [-0.2, 0) is 11.3 Å². The van der Waals surface area contributed by atoms with Gasteiger partial charge in [0.2, 0.25) is 0 Å². The first-order valence-electron chi connectivity index (χ1n) is 8.94. The largest absolute Gasteiger partial charge is 0.493 e. The molecule has 0 aromatic carbocycles. The third-order valence-corrected chi connectivity index (χ3v) is 4.58. The summed E-state index contributed by atoms with van der Waals surface area (Å²) in [6.45, 7) is 4.42. The molecule has 2 aromatic rings. The van der Waals surface area contributed by atoms with Gasteiger partial charge in [0.25, 0.3) is 5.91 Å². The van der Waals surface area contributed by atoms with Crippen molar-refractivity contribution in [3.8, 4) is 5.75 Å². The first kappa shape index (κ1) is 18.1. The van der Waals surface area contributed by atoms with Crippen molar-refractivity contribution in [1.29, 1.82) is 0 Å². The summed E-state index contributed by atoms with van der Waals surface area (Å²) in [5.74, 6) is 1.74. The summed E-state index contributed by atoms with van der Waals surface area (Å²) in [5.41, 5.74) is 6.51. The molecular formula is C18H23N7O3. The molecule has 10 heteroatoms. The Labute approximate surface area is 162 Å². The van der Waals surface area contributed by atoms with Crippen LogP contribution in [-0.4, -0.2) is 46.1 Å². The highest BCUT2D eigenvalue weighted by Crippen LogP contribution is 2.32. The minimum Gasteiger partial charge on any atom is -0.493 e. The molecule has 2 aromatic heterocycles. The van der Waals surface area contributed by atoms with Gasteiger partial charge in [0.1, 0.15) is 22.9 Å². The maximum absolute atomic E-state index is 12.7. The van der Waals surface area contributed by atoms with Gasteiger partial charge in [-0.05, 0) is 26.0 Å². The van der Waals surface area contributed by atoms with Crippen LogP contribution in [0.15, 0.2) is 24.4 Å².